The van der Waals surface area contributed by atoms with Crippen LogP contribution in [0.1, 0.15) is 27.7 Å². The molecule has 0 saturated carbocycles. The highest BCUT2D eigenvalue weighted by atomic mass is 16.2. The quantitative estimate of drug-likeness (QED) is 0.740. The molecule has 0 bridgehead atoms. The van der Waals surface area contributed by atoms with Crippen LogP contribution in [0.15, 0.2) is 18.3 Å². The Kier molecular flexibility index (Phi) is 3.93. The predicted octanol–water partition coefficient (Wildman–Crippen LogP) is 1.38. The maximum absolute atomic E-state index is 11.8. The van der Waals surface area contributed by atoms with Gasteiger partial charge in [-0.1, -0.05) is 0 Å². The standard InChI is InChI=1S/C12H20N4O/c1-8(11(17)16-12(2,3)4)15-9-5-6-14-10(13)7-9/h5-8H,1-4H3,(H,16,17)(H3,13,14,15). The molecule has 0 aliphatic rings. The van der Waals surface area contributed by atoms with Gasteiger partial charge in [-0.3, -0.25) is 4.79 Å². The van der Waals surface area contributed by atoms with Gasteiger partial charge < -0.3 is 16.4 Å². The molecule has 0 saturated heterocycles. The number of nitrogens with one attached hydrogen (secondary N) is 2. The van der Waals surface area contributed by atoms with E-state index in [1.807, 2.05) is 20.8 Å². The normalized spacial score (nSPS) is 12.9. The minimum Gasteiger partial charge on any atom is -0.384 e. The zero-order valence-electron chi connectivity index (χ0n) is 10.7. The fraction of sp³-hybridized carbons (Fsp3) is 0.500. The van der Waals surface area contributed by atoms with E-state index in [1.165, 1.54) is 0 Å². The van der Waals surface area contributed by atoms with Crippen molar-refractivity contribution in [2.24, 2.45) is 0 Å². The maximum atomic E-state index is 11.8. The monoisotopic (exact) mass is 236 g/mol. The second kappa shape index (κ2) is 5.03. The Bertz CT molecular complexity index is 398. The molecule has 5 nitrogen and oxygen atoms in total. The number of hydrogen-bond donors (Lipinski definition) is 3. The van der Waals surface area contributed by atoms with E-state index >= 15 is 0 Å². The van der Waals surface area contributed by atoms with Crippen molar-refractivity contribution in [2.45, 2.75) is 39.3 Å². The fourth-order valence-corrected chi connectivity index (χ4v) is 1.33. The van der Waals surface area contributed by atoms with Crippen LogP contribution in [0.25, 0.3) is 0 Å². The molecule has 1 rings (SSSR count). The van der Waals surface area contributed by atoms with Crippen LogP contribution >= 0.6 is 0 Å². The van der Waals surface area contributed by atoms with E-state index < -0.39 is 0 Å². The number of nitrogen functional groups attached to an aromatic ring is 1. The zero-order valence-corrected chi connectivity index (χ0v) is 10.7. The SMILES string of the molecule is CC(Nc1ccnc(N)c1)C(=O)NC(C)(C)C. The number of carbonyl (C=O) groups is 1. The van der Waals surface area contributed by atoms with Crippen LogP contribution < -0.4 is 16.4 Å². The van der Waals surface area contributed by atoms with Crippen molar-refractivity contribution < 1.29 is 4.79 Å². The van der Waals surface area contributed by atoms with E-state index in [0.717, 1.165) is 5.69 Å². The number of nitrogens with two attached hydrogens (primary N) is 1. The number of pyridine rings is 1. The highest BCUT2D eigenvalue weighted by Gasteiger charge is 2.18. The molecule has 5 heteroatoms. The summed E-state index contributed by atoms with van der Waals surface area (Å²) >= 11 is 0. The molecule has 0 aromatic carbocycles. The molecule has 94 valence electrons. The lowest BCUT2D eigenvalue weighted by Crippen LogP contribution is -2.47. The van der Waals surface area contributed by atoms with Gasteiger partial charge in [-0.05, 0) is 33.8 Å². The number of nitrogens with zero attached hydrogens (tertiary/aromatic N) is 1. The van der Waals surface area contributed by atoms with Crippen LogP contribution in [0.5, 0.6) is 0 Å². The van der Waals surface area contributed by atoms with Crippen LogP contribution in [0, 0.1) is 0 Å². The third-order valence-corrected chi connectivity index (χ3v) is 2.06. The number of aromatic nitrogens is 1. The molecule has 1 unspecified atom stereocenters. The first-order valence-corrected chi connectivity index (χ1v) is 5.58. The first-order valence-electron chi connectivity index (χ1n) is 5.58. The summed E-state index contributed by atoms with van der Waals surface area (Å²) in [5.41, 5.74) is 6.11. The van der Waals surface area contributed by atoms with Crippen molar-refractivity contribution in [3.05, 3.63) is 18.3 Å². The first kappa shape index (κ1) is 13.3. The van der Waals surface area contributed by atoms with Gasteiger partial charge in [0.15, 0.2) is 0 Å². The molecule has 1 heterocycles. The highest BCUT2D eigenvalue weighted by Crippen LogP contribution is 2.10. The van der Waals surface area contributed by atoms with Gasteiger partial charge in [0.1, 0.15) is 11.9 Å². The average molecular weight is 236 g/mol. The molecular formula is C12H20N4O. The number of anilines is 2. The van der Waals surface area contributed by atoms with Crippen molar-refractivity contribution >= 4 is 17.4 Å². The lowest BCUT2D eigenvalue weighted by molar-refractivity contribution is -0.122. The third kappa shape index (κ3) is 4.72. The van der Waals surface area contributed by atoms with Crippen LogP contribution in [0.3, 0.4) is 0 Å². The van der Waals surface area contributed by atoms with Gasteiger partial charge in [0.2, 0.25) is 5.91 Å². The van der Waals surface area contributed by atoms with Crippen LogP contribution in [-0.2, 0) is 4.79 Å². The summed E-state index contributed by atoms with van der Waals surface area (Å²) in [5, 5.41) is 5.98. The molecule has 0 aliphatic heterocycles. The van der Waals surface area contributed by atoms with E-state index in [1.54, 1.807) is 25.3 Å². The van der Waals surface area contributed by atoms with Crippen molar-refractivity contribution in [1.82, 2.24) is 10.3 Å². The summed E-state index contributed by atoms with van der Waals surface area (Å²) in [7, 11) is 0. The molecule has 0 fully saturated rings. The van der Waals surface area contributed by atoms with E-state index in [2.05, 4.69) is 15.6 Å². The van der Waals surface area contributed by atoms with E-state index in [4.69, 9.17) is 5.73 Å². The summed E-state index contributed by atoms with van der Waals surface area (Å²) < 4.78 is 0. The van der Waals surface area contributed by atoms with Gasteiger partial charge in [-0.15, -0.1) is 0 Å². The Labute approximate surface area is 102 Å². The van der Waals surface area contributed by atoms with Crippen molar-refractivity contribution in [1.29, 1.82) is 0 Å². The zero-order chi connectivity index (χ0) is 13.1. The van der Waals surface area contributed by atoms with E-state index in [-0.39, 0.29) is 17.5 Å². The van der Waals surface area contributed by atoms with Crippen LogP contribution in [0.4, 0.5) is 11.5 Å². The number of hydrogen-bond acceptors (Lipinski definition) is 4. The Hall–Kier alpha value is -1.78. The maximum Gasteiger partial charge on any atom is 0.242 e. The average Bonchev–Trinajstić information content (AvgIpc) is 2.14. The van der Waals surface area contributed by atoms with Crippen molar-refractivity contribution in [3.63, 3.8) is 0 Å². The largest absolute Gasteiger partial charge is 0.384 e. The molecule has 1 aromatic rings. The fourth-order valence-electron chi connectivity index (χ4n) is 1.33. The molecule has 1 atom stereocenters. The topological polar surface area (TPSA) is 80.0 Å². The molecular weight excluding hydrogens is 216 g/mol. The minimum atomic E-state index is -0.323. The summed E-state index contributed by atoms with van der Waals surface area (Å²) in [6, 6.07) is 3.15. The van der Waals surface area contributed by atoms with Gasteiger partial charge in [0.05, 0.1) is 0 Å². The molecule has 0 spiro atoms. The molecule has 0 aliphatic carbocycles. The van der Waals surface area contributed by atoms with E-state index in [9.17, 15) is 4.79 Å². The van der Waals surface area contributed by atoms with Gasteiger partial charge in [-0.25, -0.2) is 4.98 Å². The van der Waals surface area contributed by atoms with Crippen molar-refractivity contribution in [2.75, 3.05) is 11.1 Å². The Morgan fingerprint density at radius 3 is 2.65 bits per heavy atom. The number of carbonyl (C=O) groups excluding carboxylic acids is 1. The predicted molar refractivity (Wildman–Crippen MR) is 69.6 cm³/mol. The van der Waals surface area contributed by atoms with Gasteiger partial charge in [0.25, 0.3) is 0 Å². The summed E-state index contributed by atoms with van der Waals surface area (Å²) in [4.78, 5) is 15.7. The van der Waals surface area contributed by atoms with E-state index in [0.29, 0.717) is 5.82 Å². The summed E-state index contributed by atoms with van der Waals surface area (Å²) in [5.74, 6) is 0.381. The lowest BCUT2D eigenvalue weighted by Gasteiger charge is -2.24. The highest BCUT2D eigenvalue weighted by molar-refractivity contribution is 5.84. The Balaban J connectivity index is 2.60. The summed E-state index contributed by atoms with van der Waals surface area (Å²) in [6.07, 6.45) is 1.60. The van der Waals surface area contributed by atoms with Gasteiger partial charge >= 0.3 is 0 Å². The Morgan fingerprint density at radius 1 is 1.47 bits per heavy atom. The Morgan fingerprint density at radius 2 is 2.12 bits per heavy atom. The molecule has 1 aromatic heterocycles. The van der Waals surface area contributed by atoms with Gasteiger partial charge in [-0.2, -0.15) is 0 Å². The van der Waals surface area contributed by atoms with Crippen LogP contribution in [0.2, 0.25) is 0 Å². The first-order chi connectivity index (χ1) is 7.78. The minimum absolute atomic E-state index is 0.0483. The second-order valence-corrected chi connectivity index (χ2v) is 5.07. The van der Waals surface area contributed by atoms with Crippen molar-refractivity contribution in [3.8, 4) is 0 Å². The molecule has 17 heavy (non-hydrogen) atoms. The smallest absolute Gasteiger partial charge is 0.242 e. The number of amides is 1. The molecule has 0 radical (unpaired) electrons. The summed E-state index contributed by atoms with van der Waals surface area (Å²) in [6.45, 7) is 7.64. The molecule has 1 amide bonds. The lowest BCUT2D eigenvalue weighted by atomic mass is 10.1. The van der Waals surface area contributed by atoms with Gasteiger partial charge in [0, 0.05) is 23.5 Å². The second-order valence-electron chi connectivity index (χ2n) is 5.07. The van der Waals surface area contributed by atoms with Crippen LogP contribution in [-0.4, -0.2) is 22.5 Å². The molecule has 4 N–H and O–H groups in total. The third-order valence-electron chi connectivity index (χ3n) is 2.06. The number of rotatable bonds is 3.